The van der Waals surface area contributed by atoms with Gasteiger partial charge in [-0.3, -0.25) is 4.90 Å². The summed E-state index contributed by atoms with van der Waals surface area (Å²) in [6.45, 7) is 5.75. The quantitative estimate of drug-likeness (QED) is 0.855. The van der Waals surface area contributed by atoms with Gasteiger partial charge < -0.3 is 9.63 Å². The van der Waals surface area contributed by atoms with Crippen molar-refractivity contribution in [3.05, 3.63) is 11.7 Å². The minimum atomic E-state index is -0.246. The number of hydrogen-bond acceptors (Lipinski definition) is 5. The maximum absolute atomic E-state index is 9.58. The molecule has 0 aliphatic carbocycles. The first-order valence-electron chi connectivity index (χ1n) is 7.42. The van der Waals surface area contributed by atoms with Crippen LogP contribution in [0.4, 0.5) is 0 Å². The summed E-state index contributed by atoms with van der Waals surface area (Å²) >= 11 is 0. The molecule has 1 aliphatic rings. The molecule has 2 heterocycles. The number of likely N-dealkylation sites (tertiary alicyclic amines) is 1. The Morgan fingerprint density at radius 2 is 2.32 bits per heavy atom. The zero-order chi connectivity index (χ0) is 13.7. The summed E-state index contributed by atoms with van der Waals surface area (Å²) in [6, 6.07) is 0.440. The third-order valence-electron chi connectivity index (χ3n) is 3.68. The Morgan fingerprint density at radius 3 is 3.05 bits per heavy atom. The second-order valence-electron chi connectivity index (χ2n) is 5.56. The predicted molar refractivity (Wildman–Crippen MR) is 72.6 cm³/mol. The minimum Gasteiger partial charge on any atom is -0.393 e. The van der Waals surface area contributed by atoms with Crippen LogP contribution < -0.4 is 0 Å². The van der Waals surface area contributed by atoms with Crippen molar-refractivity contribution in [3.63, 3.8) is 0 Å². The second-order valence-corrected chi connectivity index (χ2v) is 5.56. The van der Waals surface area contributed by atoms with Crippen molar-refractivity contribution >= 4 is 0 Å². The molecule has 2 unspecified atom stereocenters. The molecule has 1 aromatic heterocycles. The van der Waals surface area contributed by atoms with Crippen LogP contribution in [-0.4, -0.2) is 38.8 Å². The van der Waals surface area contributed by atoms with Crippen molar-refractivity contribution in [1.82, 2.24) is 15.0 Å². The van der Waals surface area contributed by atoms with Gasteiger partial charge in [-0.1, -0.05) is 18.5 Å². The van der Waals surface area contributed by atoms with E-state index in [1.54, 1.807) is 0 Å². The molecule has 5 heteroatoms. The maximum atomic E-state index is 9.58. The molecule has 1 saturated heterocycles. The fourth-order valence-electron chi connectivity index (χ4n) is 2.78. The van der Waals surface area contributed by atoms with Crippen LogP contribution in [0.3, 0.4) is 0 Å². The van der Waals surface area contributed by atoms with Crippen LogP contribution in [0.5, 0.6) is 0 Å². The fraction of sp³-hybridized carbons (Fsp3) is 0.857. The van der Waals surface area contributed by atoms with Crippen LogP contribution in [0.15, 0.2) is 4.52 Å². The van der Waals surface area contributed by atoms with Crippen LogP contribution in [-0.2, 0) is 13.0 Å². The van der Waals surface area contributed by atoms with Crippen molar-refractivity contribution in [3.8, 4) is 0 Å². The van der Waals surface area contributed by atoms with E-state index >= 15 is 0 Å². The first-order valence-corrected chi connectivity index (χ1v) is 7.42. The van der Waals surface area contributed by atoms with E-state index < -0.39 is 0 Å². The topological polar surface area (TPSA) is 62.4 Å². The summed E-state index contributed by atoms with van der Waals surface area (Å²) in [5.74, 6) is 1.52. The number of piperidine rings is 1. The third-order valence-corrected chi connectivity index (χ3v) is 3.68. The highest BCUT2D eigenvalue weighted by Crippen LogP contribution is 2.22. The van der Waals surface area contributed by atoms with Crippen molar-refractivity contribution in [1.29, 1.82) is 0 Å². The van der Waals surface area contributed by atoms with E-state index in [1.807, 2.05) is 6.92 Å². The van der Waals surface area contributed by atoms with E-state index in [0.29, 0.717) is 18.5 Å². The number of aromatic nitrogens is 2. The maximum Gasteiger partial charge on any atom is 0.240 e. The van der Waals surface area contributed by atoms with Crippen LogP contribution in [0.2, 0.25) is 0 Å². The van der Waals surface area contributed by atoms with Gasteiger partial charge in [0.2, 0.25) is 5.89 Å². The highest BCUT2D eigenvalue weighted by Gasteiger charge is 2.25. The highest BCUT2D eigenvalue weighted by atomic mass is 16.5. The standard InChI is InChI=1S/C14H25N3O2/c1-3-6-13-15-14(19-16-13)10-17-8-5-4-7-12(17)9-11(2)18/h11-12,18H,3-10H2,1-2H3. The van der Waals surface area contributed by atoms with E-state index in [2.05, 4.69) is 22.0 Å². The summed E-state index contributed by atoms with van der Waals surface area (Å²) in [7, 11) is 0. The van der Waals surface area contributed by atoms with Crippen LogP contribution in [0.1, 0.15) is 57.7 Å². The molecule has 1 aliphatic heterocycles. The Hall–Kier alpha value is -0.940. The first-order chi connectivity index (χ1) is 9.19. The number of rotatable bonds is 6. The van der Waals surface area contributed by atoms with Crippen LogP contribution in [0, 0.1) is 0 Å². The molecule has 2 rings (SSSR count). The summed E-state index contributed by atoms with van der Waals surface area (Å²) in [4.78, 5) is 6.80. The molecule has 0 aromatic carbocycles. The van der Waals surface area contributed by atoms with Crippen molar-refractivity contribution in [2.75, 3.05) is 6.54 Å². The Labute approximate surface area is 115 Å². The van der Waals surface area contributed by atoms with Gasteiger partial charge in [-0.15, -0.1) is 0 Å². The summed E-state index contributed by atoms with van der Waals surface area (Å²) in [5.41, 5.74) is 0. The number of hydrogen-bond donors (Lipinski definition) is 1. The Morgan fingerprint density at radius 1 is 1.47 bits per heavy atom. The number of nitrogens with zero attached hydrogens (tertiary/aromatic N) is 3. The monoisotopic (exact) mass is 267 g/mol. The fourth-order valence-corrected chi connectivity index (χ4v) is 2.78. The molecular weight excluding hydrogens is 242 g/mol. The zero-order valence-corrected chi connectivity index (χ0v) is 12.0. The summed E-state index contributed by atoms with van der Waals surface area (Å²) < 4.78 is 5.31. The molecule has 2 atom stereocenters. The van der Waals surface area contributed by atoms with Gasteiger partial charge in [-0.05, 0) is 39.2 Å². The Bertz CT molecular complexity index is 379. The Balaban J connectivity index is 1.94. The average molecular weight is 267 g/mol. The van der Waals surface area contributed by atoms with Crippen LogP contribution in [0.25, 0.3) is 0 Å². The van der Waals surface area contributed by atoms with E-state index in [-0.39, 0.29) is 6.10 Å². The minimum absolute atomic E-state index is 0.246. The van der Waals surface area contributed by atoms with E-state index in [1.165, 1.54) is 12.8 Å². The summed E-state index contributed by atoms with van der Waals surface area (Å²) in [6.07, 6.45) is 6.11. The predicted octanol–water partition coefficient (Wildman–Crippen LogP) is 2.15. The van der Waals surface area contributed by atoms with Crippen molar-refractivity contribution in [2.24, 2.45) is 0 Å². The molecule has 0 amide bonds. The molecule has 0 saturated carbocycles. The van der Waals surface area contributed by atoms with Gasteiger partial charge in [0.15, 0.2) is 5.82 Å². The van der Waals surface area contributed by atoms with Gasteiger partial charge in [0.1, 0.15) is 0 Å². The molecule has 108 valence electrons. The van der Waals surface area contributed by atoms with Gasteiger partial charge in [0.25, 0.3) is 0 Å². The van der Waals surface area contributed by atoms with Crippen LogP contribution >= 0.6 is 0 Å². The molecule has 1 fully saturated rings. The molecule has 19 heavy (non-hydrogen) atoms. The van der Waals surface area contributed by atoms with E-state index in [0.717, 1.165) is 38.1 Å². The molecule has 0 spiro atoms. The van der Waals surface area contributed by atoms with E-state index in [4.69, 9.17) is 4.52 Å². The number of aliphatic hydroxyl groups is 1. The second kappa shape index (κ2) is 7.01. The lowest BCUT2D eigenvalue weighted by Gasteiger charge is -2.35. The van der Waals surface area contributed by atoms with Gasteiger partial charge >= 0.3 is 0 Å². The van der Waals surface area contributed by atoms with Crippen molar-refractivity contribution < 1.29 is 9.63 Å². The lowest BCUT2D eigenvalue weighted by Crippen LogP contribution is -2.40. The largest absolute Gasteiger partial charge is 0.393 e. The van der Waals surface area contributed by atoms with Crippen molar-refractivity contribution in [2.45, 2.75) is 71.1 Å². The molecule has 0 radical (unpaired) electrons. The normalized spacial score (nSPS) is 22.6. The van der Waals surface area contributed by atoms with Gasteiger partial charge in [-0.2, -0.15) is 4.98 Å². The van der Waals surface area contributed by atoms with Gasteiger partial charge in [-0.25, -0.2) is 0 Å². The average Bonchev–Trinajstić information content (AvgIpc) is 2.79. The molecule has 0 bridgehead atoms. The molecule has 5 nitrogen and oxygen atoms in total. The lowest BCUT2D eigenvalue weighted by atomic mass is 9.97. The number of aryl methyl sites for hydroxylation is 1. The highest BCUT2D eigenvalue weighted by molar-refractivity contribution is 4.88. The lowest BCUT2D eigenvalue weighted by molar-refractivity contribution is 0.0739. The smallest absolute Gasteiger partial charge is 0.240 e. The Kier molecular flexibility index (Phi) is 5.34. The van der Waals surface area contributed by atoms with Gasteiger partial charge in [0.05, 0.1) is 12.6 Å². The molecule has 1 N–H and O–H groups in total. The first kappa shape index (κ1) is 14.5. The number of aliphatic hydroxyl groups excluding tert-OH is 1. The zero-order valence-electron chi connectivity index (χ0n) is 12.0. The molecule has 1 aromatic rings. The van der Waals surface area contributed by atoms with Gasteiger partial charge in [0, 0.05) is 12.5 Å². The third kappa shape index (κ3) is 4.28. The van der Waals surface area contributed by atoms with E-state index in [9.17, 15) is 5.11 Å². The SMILES string of the molecule is CCCc1noc(CN2CCCCC2CC(C)O)n1. The molecular formula is C14H25N3O2. The summed E-state index contributed by atoms with van der Waals surface area (Å²) in [5, 5.41) is 13.6.